The van der Waals surface area contributed by atoms with Crippen molar-refractivity contribution in [2.75, 3.05) is 31.6 Å². The van der Waals surface area contributed by atoms with E-state index >= 15 is 0 Å². The van der Waals surface area contributed by atoms with Crippen molar-refractivity contribution in [3.63, 3.8) is 0 Å². The van der Waals surface area contributed by atoms with Gasteiger partial charge in [-0.2, -0.15) is 0 Å². The lowest BCUT2D eigenvalue weighted by Crippen LogP contribution is -2.39. The molecule has 0 saturated carbocycles. The van der Waals surface area contributed by atoms with E-state index in [0.717, 1.165) is 31.9 Å². The highest BCUT2D eigenvalue weighted by Gasteiger charge is 2.20. The number of hydrogen-bond acceptors (Lipinski definition) is 4. The van der Waals surface area contributed by atoms with Gasteiger partial charge in [0, 0.05) is 19.3 Å². The van der Waals surface area contributed by atoms with Crippen LogP contribution in [0.5, 0.6) is 0 Å². The van der Waals surface area contributed by atoms with Gasteiger partial charge in [0.05, 0.1) is 5.56 Å². The van der Waals surface area contributed by atoms with Gasteiger partial charge in [-0.15, -0.1) is 0 Å². The van der Waals surface area contributed by atoms with Crippen LogP contribution in [0.2, 0.25) is 0 Å². The molecule has 0 spiro atoms. The normalized spacial score (nSPS) is 19.8. The molecule has 1 aliphatic rings. The van der Waals surface area contributed by atoms with Gasteiger partial charge in [-0.3, -0.25) is 0 Å². The molecule has 18 heavy (non-hydrogen) atoms. The monoisotopic (exact) mass is 249 g/mol. The number of nitrogens with one attached hydrogen (secondary N) is 1. The van der Waals surface area contributed by atoms with E-state index in [1.165, 1.54) is 12.5 Å². The zero-order valence-electron chi connectivity index (χ0n) is 10.6. The van der Waals surface area contributed by atoms with Crippen molar-refractivity contribution in [1.29, 1.82) is 0 Å². The number of aromatic carboxylic acids is 1. The summed E-state index contributed by atoms with van der Waals surface area (Å²) >= 11 is 0. The first-order valence-corrected chi connectivity index (χ1v) is 6.29. The summed E-state index contributed by atoms with van der Waals surface area (Å²) in [5.41, 5.74) is 0.302. The number of aromatic nitrogens is 1. The van der Waals surface area contributed by atoms with Gasteiger partial charge in [0.25, 0.3) is 0 Å². The molecular formula is C13H19N3O2. The molecule has 0 aromatic carbocycles. The molecule has 0 aliphatic carbocycles. The minimum Gasteiger partial charge on any atom is -0.478 e. The van der Waals surface area contributed by atoms with E-state index in [1.807, 2.05) is 7.05 Å². The van der Waals surface area contributed by atoms with Crippen LogP contribution in [-0.4, -0.2) is 42.7 Å². The zero-order chi connectivity index (χ0) is 13.0. The molecule has 1 aromatic rings. The molecule has 1 fully saturated rings. The van der Waals surface area contributed by atoms with Crippen molar-refractivity contribution in [2.45, 2.75) is 12.8 Å². The molecule has 0 radical (unpaired) electrons. The third-order valence-electron chi connectivity index (χ3n) is 3.33. The molecule has 98 valence electrons. The van der Waals surface area contributed by atoms with Crippen LogP contribution in [0.1, 0.15) is 23.2 Å². The molecule has 5 nitrogen and oxygen atoms in total. The summed E-state index contributed by atoms with van der Waals surface area (Å²) < 4.78 is 0. The SMILES string of the molecule is CNCC1CCCN(c2cc(C(=O)O)ccn2)C1. The number of anilines is 1. The van der Waals surface area contributed by atoms with Crippen LogP contribution in [0.25, 0.3) is 0 Å². The first kappa shape index (κ1) is 12.8. The number of carbonyl (C=O) groups is 1. The Morgan fingerprint density at radius 3 is 3.22 bits per heavy atom. The standard InChI is InChI=1S/C13H19N3O2/c1-14-8-10-3-2-6-16(9-10)12-7-11(13(17)18)4-5-15-12/h4-5,7,10,14H,2-3,6,8-9H2,1H3,(H,17,18). The number of carboxylic acids is 1. The lowest BCUT2D eigenvalue weighted by Gasteiger charge is -2.33. The summed E-state index contributed by atoms with van der Waals surface area (Å²) in [7, 11) is 1.96. The third kappa shape index (κ3) is 2.98. The Labute approximate surface area is 107 Å². The lowest BCUT2D eigenvalue weighted by molar-refractivity contribution is 0.0697. The Balaban J connectivity index is 2.10. The maximum atomic E-state index is 10.9. The summed E-state index contributed by atoms with van der Waals surface area (Å²) in [6, 6.07) is 3.19. The molecule has 2 N–H and O–H groups in total. The quantitative estimate of drug-likeness (QED) is 0.840. The van der Waals surface area contributed by atoms with E-state index in [2.05, 4.69) is 15.2 Å². The van der Waals surface area contributed by atoms with Gasteiger partial charge in [0.2, 0.25) is 0 Å². The second kappa shape index (κ2) is 5.82. The van der Waals surface area contributed by atoms with Gasteiger partial charge in [-0.05, 0) is 44.5 Å². The van der Waals surface area contributed by atoms with E-state index < -0.39 is 5.97 Å². The highest BCUT2D eigenvalue weighted by atomic mass is 16.4. The Hall–Kier alpha value is -1.62. The molecule has 2 heterocycles. The third-order valence-corrected chi connectivity index (χ3v) is 3.33. The smallest absolute Gasteiger partial charge is 0.335 e. The van der Waals surface area contributed by atoms with Crippen molar-refractivity contribution in [2.24, 2.45) is 5.92 Å². The van der Waals surface area contributed by atoms with Crippen LogP contribution in [-0.2, 0) is 0 Å². The fraction of sp³-hybridized carbons (Fsp3) is 0.538. The van der Waals surface area contributed by atoms with Gasteiger partial charge >= 0.3 is 5.97 Å². The first-order valence-electron chi connectivity index (χ1n) is 6.29. The fourth-order valence-corrected chi connectivity index (χ4v) is 2.45. The van der Waals surface area contributed by atoms with Crippen molar-refractivity contribution in [1.82, 2.24) is 10.3 Å². The van der Waals surface area contributed by atoms with Crippen LogP contribution in [0.4, 0.5) is 5.82 Å². The number of carboxylic acid groups (broad SMARTS) is 1. The summed E-state index contributed by atoms with van der Waals surface area (Å²) in [5, 5.41) is 12.2. The van der Waals surface area contributed by atoms with Crippen LogP contribution < -0.4 is 10.2 Å². The molecule has 0 bridgehead atoms. The van der Waals surface area contributed by atoms with Crippen LogP contribution >= 0.6 is 0 Å². The summed E-state index contributed by atoms with van der Waals surface area (Å²) in [5.74, 6) is 0.483. The summed E-state index contributed by atoms with van der Waals surface area (Å²) in [6.45, 7) is 2.89. The topological polar surface area (TPSA) is 65.5 Å². The highest BCUT2D eigenvalue weighted by Crippen LogP contribution is 2.21. The summed E-state index contributed by atoms with van der Waals surface area (Å²) in [6.07, 6.45) is 3.92. The predicted molar refractivity (Wildman–Crippen MR) is 70.1 cm³/mol. The Morgan fingerprint density at radius 2 is 2.50 bits per heavy atom. The summed E-state index contributed by atoms with van der Waals surface area (Å²) in [4.78, 5) is 17.4. The Kier molecular flexibility index (Phi) is 4.15. The van der Waals surface area contributed by atoms with E-state index in [-0.39, 0.29) is 0 Å². The Morgan fingerprint density at radius 1 is 1.67 bits per heavy atom. The van der Waals surface area contributed by atoms with Gasteiger partial charge < -0.3 is 15.3 Å². The number of hydrogen-bond donors (Lipinski definition) is 2. The van der Waals surface area contributed by atoms with Crippen molar-refractivity contribution < 1.29 is 9.90 Å². The zero-order valence-corrected chi connectivity index (χ0v) is 10.6. The van der Waals surface area contributed by atoms with Crippen molar-refractivity contribution >= 4 is 11.8 Å². The maximum absolute atomic E-state index is 10.9. The molecule has 1 unspecified atom stereocenters. The van der Waals surface area contributed by atoms with E-state index in [1.54, 1.807) is 12.3 Å². The second-order valence-corrected chi connectivity index (χ2v) is 4.72. The largest absolute Gasteiger partial charge is 0.478 e. The van der Waals surface area contributed by atoms with Crippen LogP contribution in [0.15, 0.2) is 18.3 Å². The van der Waals surface area contributed by atoms with Crippen molar-refractivity contribution in [3.8, 4) is 0 Å². The number of rotatable bonds is 4. The fourth-order valence-electron chi connectivity index (χ4n) is 2.45. The molecule has 1 aliphatic heterocycles. The maximum Gasteiger partial charge on any atom is 0.335 e. The minimum absolute atomic E-state index is 0.302. The van der Waals surface area contributed by atoms with Gasteiger partial charge in [0.15, 0.2) is 0 Å². The van der Waals surface area contributed by atoms with Gasteiger partial charge in [-0.25, -0.2) is 9.78 Å². The minimum atomic E-state index is -0.901. The van der Waals surface area contributed by atoms with Crippen LogP contribution in [0, 0.1) is 5.92 Å². The van der Waals surface area contributed by atoms with Crippen LogP contribution in [0.3, 0.4) is 0 Å². The van der Waals surface area contributed by atoms with Crippen molar-refractivity contribution in [3.05, 3.63) is 23.9 Å². The Bertz CT molecular complexity index is 420. The molecular weight excluding hydrogens is 230 g/mol. The van der Waals surface area contributed by atoms with E-state index in [4.69, 9.17) is 5.11 Å². The van der Waals surface area contributed by atoms with Gasteiger partial charge in [0.1, 0.15) is 5.82 Å². The number of piperidine rings is 1. The second-order valence-electron chi connectivity index (χ2n) is 4.72. The number of pyridine rings is 1. The average Bonchev–Trinajstić information content (AvgIpc) is 2.39. The average molecular weight is 249 g/mol. The molecule has 1 saturated heterocycles. The van der Waals surface area contributed by atoms with Gasteiger partial charge in [-0.1, -0.05) is 0 Å². The molecule has 1 atom stereocenters. The van der Waals surface area contributed by atoms with E-state index in [9.17, 15) is 4.79 Å². The number of nitrogens with zero attached hydrogens (tertiary/aromatic N) is 2. The lowest BCUT2D eigenvalue weighted by atomic mass is 9.98. The molecule has 2 rings (SSSR count). The van der Waals surface area contributed by atoms with E-state index in [0.29, 0.717) is 11.5 Å². The molecule has 5 heteroatoms. The highest BCUT2D eigenvalue weighted by molar-refractivity contribution is 5.88. The molecule has 1 aromatic heterocycles. The first-order chi connectivity index (χ1) is 8.70. The predicted octanol–water partition coefficient (Wildman–Crippen LogP) is 1.22. The molecule has 0 amide bonds.